The molecule has 7 unspecified atom stereocenters. The lowest BCUT2D eigenvalue weighted by Crippen LogP contribution is -2.60. The van der Waals surface area contributed by atoms with E-state index in [1.54, 1.807) is 6.08 Å². The van der Waals surface area contributed by atoms with Gasteiger partial charge in [-0.2, -0.15) is 0 Å². The molecule has 0 aromatic rings. The Balaban J connectivity index is 2.30. The molecule has 1 fully saturated rings. The van der Waals surface area contributed by atoms with Crippen molar-refractivity contribution in [1.82, 2.24) is 5.32 Å². The number of aliphatic hydroxyl groups is 5. The normalized spacial score (nSPS) is 22.0. The number of hydrogen-bond donors (Lipinski definition) is 6. The van der Waals surface area contributed by atoms with E-state index in [9.17, 15) is 30.3 Å². The summed E-state index contributed by atoms with van der Waals surface area (Å²) in [5.41, 5.74) is 0. The van der Waals surface area contributed by atoms with Gasteiger partial charge in [0, 0.05) is 6.42 Å². The van der Waals surface area contributed by atoms with Crippen molar-refractivity contribution < 1.29 is 39.8 Å². The van der Waals surface area contributed by atoms with Crippen molar-refractivity contribution in [3.05, 3.63) is 36.5 Å². The fourth-order valence-electron chi connectivity index (χ4n) is 6.65. The highest BCUT2D eigenvalue weighted by Gasteiger charge is 2.44. The Hall–Kier alpha value is -1.59. The summed E-state index contributed by atoms with van der Waals surface area (Å²) in [4.78, 5) is 12.9. The second kappa shape index (κ2) is 34.9. The molecule has 53 heavy (non-hydrogen) atoms. The molecule has 6 N–H and O–H groups in total. The number of allylic oxidation sites excluding steroid dienone is 5. The van der Waals surface area contributed by atoms with Crippen LogP contribution in [0.15, 0.2) is 36.5 Å². The van der Waals surface area contributed by atoms with Crippen molar-refractivity contribution in [3.63, 3.8) is 0 Å². The second-order valence-corrected chi connectivity index (χ2v) is 15.1. The van der Waals surface area contributed by atoms with Crippen molar-refractivity contribution in [2.45, 2.75) is 224 Å². The fourth-order valence-corrected chi connectivity index (χ4v) is 6.65. The summed E-state index contributed by atoms with van der Waals surface area (Å²) in [6, 6.07) is -0.803. The number of nitrogens with one attached hydrogen (secondary N) is 1. The first-order valence-electron chi connectivity index (χ1n) is 21.7. The quantitative estimate of drug-likeness (QED) is 0.0279. The van der Waals surface area contributed by atoms with Gasteiger partial charge in [-0.3, -0.25) is 4.79 Å². The van der Waals surface area contributed by atoms with Crippen molar-refractivity contribution in [2.75, 3.05) is 13.2 Å². The Bertz CT molecular complexity index is 925. The van der Waals surface area contributed by atoms with Crippen LogP contribution in [0.4, 0.5) is 0 Å². The van der Waals surface area contributed by atoms with E-state index in [2.05, 4.69) is 43.5 Å². The van der Waals surface area contributed by atoms with Gasteiger partial charge >= 0.3 is 0 Å². The maximum Gasteiger partial charge on any atom is 0.220 e. The molecule has 1 heterocycles. The van der Waals surface area contributed by atoms with Crippen LogP contribution < -0.4 is 5.32 Å². The van der Waals surface area contributed by atoms with E-state index in [1.165, 1.54) is 116 Å². The number of carbonyl (C=O) groups excluding carboxylic acids is 1. The molecular weight excluding hydrogens is 670 g/mol. The minimum Gasteiger partial charge on any atom is -0.394 e. The highest BCUT2D eigenvalue weighted by atomic mass is 16.7. The molecule has 1 aliphatic rings. The van der Waals surface area contributed by atoms with E-state index >= 15 is 0 Å². The Morgan fingerprint density at radius 2 is 1.11 bits per heavy atom. The number of unbranched alkanes of at least 4 members (excludes halogenated alkanes) is 21. The molecule has 0 bridgehead atoms. The third-order valence-electron chi connectivity index (χ3n) is 10.2. The summed E-state index contributed by atoms with van der Waals surface area (Å²) < 4.78 is 11.2. The van der Waals surface area contributed by atoms with Gasteiger partial charge in [-0.1, -0.05) is 159 Å². The zero-order valence-corrected chi connectivity index (χ0v) is 33.8. The summed E-state index contributed by atoms with van der Waals surface area (Å²) >= 11 is 0. The molecular formula is C44H81NO8. The summed E-state index contributed by atoms with van der Waals surface area (Å²) in [7, 11) is 0. The number of ether oxygens (including phenoxy) is 2. The topological polar surface area (TPSA) is 149 Å². The average Bonchev–Trinajstić information content (AvgIpc) is 3.16. The minimum absolute atomic E-state index is 0.185. The van der Waals surface area contributed by atoms with Crippen molar-refractivity contribution in [2.24, 2.45) is 0 Å². The number of aliphatic hydroxyl groups excluding tert-OH is 5. The van der Waals surface area contributed by atoms with Crippen LogP contribution in [0.1, 0.15) is 181 Å². The Labute approximate surface area is 323 Å². The first-order chi connectivity index (χ1) is 25.8. The molecule has 9 nitrogen and oxygen atoms in total. The van der Waals surface area contributed by atoms with Crippen LogP contribution in [-0.2, 0) is 14.3 Å². The third-order valence-corrected chi connectivity index (χ3v) is 10.2. The molecule has 0 saturated carbocycles. The summed E-state index contributed by atoms with van der Waals surface area (Å²) in [6.45, 7) is 3.71. The van der Waals surface area contributed by atoms with Crippen LogP contribution in [-0.4, -0.2) is 87.5 Å². The molecule has 1 saturated heterocycles. The van der Waals surface area contributed by atoms with Crippen molar-refractivity contribution in [1.29, 1.82) is 0 Å². The Morgan fingerprint density at radius 3 is 1.62 bits per heavy atom. The predicted octanol–water partition coefficient (Wildman–Crippen LogP) is 8.50. The zero-order valence-electron chi connectivity index (χ0n) is 33.8. The predicted molar refractivity (Wildman–Crippen MR) is 216 cm³/mol. The summed E-state index contributed by atoms with van der Waals surface area (Å²) in [5, 5.41) is 53.9. The molecule has 1 amide bonds. The number of amides is 1. The van der Waals surface area contributed by atoms with E-state index in [1.807, 2.05) is 6.08 Å². The molecule has 0 spiro atoms. The lowest BCUT2D eigenvalue weighted by molar-refractivity contribution is -0.302. The average molecular weight is 752 g/mol. The van der Waals surface area contributed by atoms with Gasteiger partial charge in [0.15, 0.2) is 6.29 Å². The summed E-state index contributed by atoms with van der Waals surface area (Å²) in [6.07, 6.45) is 34.8. The second-order valence-electron chi connectivity index (χ2n) is 15.1. The maximum atomic E-state index is 12.9. The largest absolute Gasteiger partial charge is 0.394 e. The van der Waals surface area contributed by atoms with E-state index in [0.29, 0.717) is 6.42 Å². The molecule has 0 aromatic carbocycles. The van der Waals surface area contributed by atoms with Crippen molar-refractivity contribution in [3.8, 4) is 0 Å². The fraction of sp³-hybridized carbons (Fsp3) is 0.841. The smallest absolute Gasteiger partial charge is 0.220 e. The minimum atomic E-state index is -1.56. The highest BCUT2D eigenvalue weighted by Crippen LogP contribution is 2.22. The number of carbonyl (C=O) groups is 1. The molecule has 0 radical (unpaired) electrons. The van der Waals surface area contributed by atoms with Gasteiger partial charge < -0.3 is 40.3 Å². The van der Waals surface area contributed by atoms with Crippen LogP contribution in [0, 0.1) is 0 Å². The lowest BCUT2D eigenvalue weighted by atomic mass is 9.99. The maximum absolute atomic E-state index is 12.9. The molecule has 1 aliphatic heterocycles. The van der Waals surface area contributed by atoms with Gasteiger partial charge in [0.05, 0.1) is 25.4 Å². The van der Waals surface area contributed by atoms with Crippen LogP contribution in [0.3, 0.4) is 0 Å². The SMILES string of the molecule is CCCCCCC/C=C\C/C=C\CCCCCCCCCCCC(=O)NC(COC1OC(CO)C(O)C(O)C1O)C(O)/C=C/CCCCCCCCC. The van der Waals surface area contributed by atoms with Crippen LogP contribution in [0.5, 0.6) is 0 Å². The van der Waals surface area contributed by atoms with E-state index in [4.69, 9.17) is 9.47 Å². The van der Waals surface area contributed by atoms with Gasteiger partial charge in [0.1, 0.15) is 24.4 Å². The number of hydrogen-bond acceptors (Lipinski definition) is 8. The van der Waals surface area contributed by atoms with E-state index < -0.39 is 49.5 Å². The van der Waals surface area contributed by atoms with Crippen LogP contribution in [0.25, 0.3) is 0 Å². The zero-order chi connectivity index (χ0) is 38.8. The van der Waals surface area contributed by atoms with Crippen molar-refractivity contribution >= 4 is 5.91 Å². The van der Waals surface area contributed by atoms with Crippen LogP contribution in [0.2, 0.25) is 0 Å². The molecule has 7 atom stereocenters. The Morgan fingerprint density at radius 1 is 0.642 bits per heavy atom. The first kappa shape index (κ1) is 49.4. The third kappa shape index (κ3) is 26.0. The van der Waals surface area contributed by atoms with Gasteiger partial charge in [-0.15, -0.1) is 0 Å². The van der Waals surface area contributed by atoms with Crippen LogP contribution >= 0.6 is 0 Å². The monoisotopic (exact) mass is 752 g/mol. The van der Waals surface area contributed by atoms with Gasteiger partial charge in [0.2, 0.25) is 5.91 Å². The molecule has 0 aromatic heterocycles. The summed E-state index contributed by atoms with van der Waals surface area (Å²) in [5.74, 6) is -0.185. The molecule has 0 aliphatic carbocycles. The standard InChI is InChI=1S/C44H81NO8/c1-3-5-7-9-11-13-14-15-16-17-18-19-20-21-22-23-24-26-28-30-32-34-40(48)45-37(38(47)33-31-29-27-25-12-10-8-6-4-2)36-52-44-43(51)42(50)41(49)39(35-46)53-44/h14-15,17-18,31,33,37-39,41-44,46-47,49-51H,3-13,16,19-30,32,34-36H2,1-2H3,(H,45,48)/b15-14-,18-17-,33-31+. The van der Waals surface area contributed by atoms with Gasteiger partial charge in [0.25, 0.3) is 0 Å². The Kier molecular flexibility index (Phi) is 32.5. The number of rotatable bonds is 35. The highest BCUT2D eigenvalue weighted by molar-refractivity contribution is 5.76. The van der Waals surface area contributed by atoms with E-state index in [-0.39, 0.29) is 12.5 Å². The molecule has 310 valence electrons. The first-order valence-corrected chi connectivity index (χ1v) is 21.7. The lowest BCUT2D eigenvalue weighted by Gasteiger charge is -2.40. The molecule has 9 heteroatoms. The van der Waals surface area contributed by atoms with E-state index in [0.717, 1.165) is 44.9 Å². The molecule has 1 rings (SSSR count). The van der Waals surface area contributed by atoms with Gasteiger partial charge in [-0.05, 0) is 51.4 Å². The van der Waals surface area contributed by atoms with Gasteiger partial charge in [-0.25, -0.2) is 0 Å².